The molecule has 0 aliphatic carbocycles. The van der Waals surface area contributed by atoms with Crippen LogP contribution in [-0.4, -0.2) is 10.2 Å². The largest absolute Gasteiger partial charge is 0.320 e. The van der Waals surface area contributed by atoms with Crippen molar-refractivity contribution in [3.63, 3.8) is 0 Å². The highest BCUT2D eigenvalue weighted by Gasteiger charge is 2.23. The maximum Gasteiger partial charge on any atom is 0.198 e. The van der Waals surface area contributed by atoms with Crippen molar-refractivity contribution >= 4 is 11.3 Å². The molecule has 3 rings (SSSR count). The predicted octanol–water partition coefficient (Wildman–Crippen LogP) is 4.07. The number of pyridine rings is 1. The highest BCUT2D eigenvalue weighted by atomic mass is 19.1. The van der Waals surface area contributed by atoms with Crippen LogP contribution in [0.2, 0.25) is 0 Å². The van der Waals surface area contributed by atoms with Crippen molar-refractivity contribution in [2.45, 2.75) is 19.8 Å². The van der Waals surface area contributed by atoms with Gasteiger partial charge in [-0.25, -0.2) is 4.39 Å². The fourth-order valence-corrected chi connectivity index (χ4v) is 2.95. The number of carbonyl (C=O) groups excluding carboxylic acids is 1. The van der Waals surface area contributed by atoms with Crippen LogP contribution in [-0.2, 0) is 6.42 Å². The molecule has 23 heavy (non-hydrogen) atoms. The van der Waals surface area contributed by atoms with E-state index in [0.29, 0.717) is 18.4 Å². The first-order chi connectivity index (χ1) is 11.1. The maximum absolute atomic E-state index is 14.0. The Bertz CT molecular complexity index is 934. The molecule has 0 N–H and O–H groups in total. The smallest absolute Gasteiger partial charge is 0.198 e. The lowest BCUT2D eigenvalue weighted by atomic mass is 9.99. The summed E-state index contributed by atoms with van der Waals surface area (Å²) in [6.45, 7) is 1.85. The minimum atomic E-state index is -0.522. The van der Waals surface area contributed by atoms with E-state index in [-0.39, 0.29) is 11.3 Å². The van der Waals surface area contributed by atoms with E-state index in [1.165, 1.54) is 12.1 Å². The van der Waals surface area contributed by atoms with Gasteiger partial charge >= 0.3 is 0 Å². The number of aryl methyl sites for hydroxylation is 1. The summed E-state index contributed by atoms with van der Waals surface area (Å²) in [5.41, 5.74) is 3.04. The number of carbonyl (C=O) groups is 1. The minimum Gasteiger partial charge on any atom is -0.320 e. The monoisotopic (exact) mass is 306 g/mol. The molecular formula is C19H15FN2O. The number of fused-ring (bicyclic) bond motifs is 1. The minimum absolute atomic E-state index is 0.0683. The molecule has 2 aromatic heterocycles. The van der Waals surface area contributed by atoms with Gasteiger partial charge < -0.3 is 4.40 Å². The van der Waals surface area contributed by atoms with Gasteiger partial charge in [0.15, 0.2) is 5.78 Å². The molecule has 0 unspecified atom stereocenters. The molecule has 3 nitrogen and oxygen atoms in total. The van der Waals surface area contributed by atoms with Crippen LogP contribution in [0.1, 0.15) is 33.6 Å². The Morgan fingerprint density at radius 1 is 1.22 bits per heavy atom. The van der Waals surface area contributed by atoms with Gasteiger partial charge in [0, 0.05) is 24.7 Å². The average molecular weight is 306 g/mol. The van der Waals surface area contributed by atoms with Gasteiger partial charge in [0.2, 0.25) is 0 Å². The van der Waals surface area contributed by atoms with Crippen molar-refractivity contribution in [3.8, 4) is 6.07 Å². The van der Waals surface area contributed by atoms with E-state index in [1.807, 2.05) is 35.7 Å². The summed E-state index contributed by atoms with van der Waals surface area (Å²) < 4.78 is 15.9. The molecule has 0 saturated heterocycles. The van der Waals surface area contributed by atoms with Gasteiger partial charge in [-0.15, -0.1) is 0 Å². The van der Waals surface area contributed by atoms with Gasteiger partial charge in [0.1, 0.15) is 5.82 Å². The Morgan fingerprint density at radius 3 is 2.70 bits per heavy atom. The lowest BCUT2D eigenvalue weighted by Gasteiger charge is -2.03. The summed E-state index contributed by atoms with van der Waals surface area (Å²) in [6.07, 6.45) is 2.79. The van der Waals surface area contributed by atoms with Crippen molar-refractivity contribution in [3.05, 3.63) is 76.9 Å². The Labute approximate surface area is 133 Å². The predicted molar refractivity (Wildman–Crippen MR) is 85.9 cm³/mol. The van der Waals surface area contributed by atoms with E-state index in [0.717, 1.165) is 16.8 Å². The van der Waals surface area contributed by atoms with E-state index in [4.69, 9.17) is 5.26 Å². The lowest BCUT2D eigenvalue weighted by molar-refractivity contribution is 0.103. The molecule has 0 fully saturated rings. The fraction of sp³-hybridized carbons (Fsp3) is 0.158. The van der Waals surface area contributed by atoms with Crippen molar-refractivity contribution in [1.29, 1.82) is 5.26 Å². The zero-order valence-electron chi connectivity index (χ0n) is 12.7. The van der Waals surface area contributed by atoms with Crippen molar-refractivity contribution in [1.82, 2.24) is 4.40 Å². The van der Waals surface area contributed by atoms with Crippen LogP contribution in [0.15, 0.2) is 48.7 Å². The van der Waals surface area contributed by atoms with Crippen molar-refractivity contribution in [2.24, 2.45) is 0 Å². The standard InChI is InChI=1S/C19H15FN2O/c1-13-16(10-6-11-21)22-12-5-4-9-17(22)18(13)19(23)14-7-2-3-8-15(14)20/h2-5,7-9,12H,6,10H2,1H3. The Balaban J connectivity index is 2.22. The van der Waals surface area contributed by atoms with Gasteiger partial charge in [-0.2, -0.15) is 5.26 Å². The van der Waals surface area contributed by atoms with Crippen LogP contribution in [0, 0.1) is 24.1 Å². The third-order valence-corrected chi connectivity index (χ3v) is 4.03. The van der Waals surface area contributed by atoms with E-state index >= 15 is 0 Å². The molecule has 0 saturated carbocycles. The van der Waals surface area contributed by atoms with Gasteiger partial charge in [0.25, 0.3) is 0 Å². The second-order valence-electron chi connectivity index (χ2n) is 5.37. The number of nitrogens with zero attached hydrogens (tertiary/aromatic N) is 2. The zero-order chi connectivity index (χ0) is 16.4. The number of aromatic nitrogens is 1. The van der Waals surface area contributed by atoms with E-state index in [9.17, 15) is 9.18 Å². The maximum atomic E-state index is 14.0. The quantitative estimate of drug-likeness (QED) is 0.682. The van der Waals surface area contributed by atoms with Gasteiger partial charge in [0.05, 0.1) is 22.7 Å². The molecule has 114 valence electrons. The van der Waals surface area contributed by atoms with Crippen LogP contribution in [0.3, 0.4) is 0 Å². The molecule has 0 spiro atoms. The molecule has 0 atom stereocenters. The molecule has 1 aromatic carbocycles. The Morgan fingerprint density at radius 2 is 1.96 bits per heavy atom. The first-order valence-electron chi connectivity index (χ1n) is 7.40. The fourth-order valence-electron chi connectivity index (χ4n) is 2.95. The topological polar surface area (TPSA) is 45.3 Å². The second-order valence-corrected chi connectivity index (χ2v) is 5.37. The molecule has 0 aliphatic heterocycles. The van der Waals surface area contributed by atoms with Crippen LogP contribution < -0.4 is 0 Å². The number of halogens is 1. The summed E-state index contributed by atoms with van der Waals surface area (Å²) in [7, 11) is 0. The number of nitriles is 1. The number of ketones is 1. The molecular weight excluding hydrogens is 291 g/mol. The third-order valence-electron chi connectivity index (χ3n) is 4.03. The number of hydrogen-bond acceptors (Lipinski definition) is 2. The first kappa shape index (κ1) is 15.0. The Kier molecular flexibility index (Phi) is 3.94. The van der Waals surface area contributed by atoms with E-state index in [2.05, 4.69) is 6.07 Å². The Hall–Kier alpha value is -2.93. The lowest BCUT2D eigenvalue weighted by Crippen LogP contribution is -2.05. The van der Waals surface area contributed by atoms with Gasteiger partial charge in [-0.05, 0) is 36.8 Å². The molecule has 3 aromatic rings. The first-order valence-corrected chi connectivity index (χ1v) is 7.40. The van der Waals surface area contributed by atoms with Gasteiger partial charge in [-0.1, -0.05) is 18.2 Å². The highest BCUT2D eigenvalue weighted by molar-refractivity contribution is 6.14. The molecule has 0 amide bonds. The van der Waals surface area contributed by atoms with Crippen molar-refractivity contribution in [2.75, 3.05) is 0 Å². The van der Waals surface area contributed by atoms with Crippen LogP contribution in [0.4, 0.5) is 4.39 Å². The molecule has 0 bridgehead atoms. The molecule has 2 heterocycles. The summed E-state index contributed by atoms with van der Waals surface area (Å²) in [5.74, 6) is -0.849. The summed E-state index contributed by atoms with van der Waals surface area (Å²) >= 11 is 0. The number of hydrogen-bond donors (Lipinski definition) is 0. The van der Waals surface area contributed by atoms with E-state index in [1.54, 1.807) is 12.1 Å². The van der Waals surface area contributed by atoms with Crippen LogP contribution >= 0.6 is 0 Å². The summed E-state index contributed by atoms with van der Waals surface area (Å²) in [5, 5.41) is 8.85. The molecule has 0 radical (unpaired) electrons. The summed E-state index contributed by atoms with van der Waals surface area (Å²) in [6, 6.07) is 13.7. The zero-order valence-corrected chi connectivity index (χ0v) is 12.7. The molecule has 4 heteroatoms. The van der Waals surface area contributed by atoms with E-state index < -0.39 is 5.82 Å². The van der Waals surface area contributed by atoms with Gasteiger partial charge in [-0.3, -0.25) is 4.79 Å². The third kappa shape index (κ3) is 2.51. The van der Waals surface area contributed by atoms with Crippen LogP contribution in [0.5, 0.6) is 0 Å². The number of rotatable bonds is 4. The summed E-state index contributed by atoms with van der Waals surface area (Å²) in [4.78, 5) is 12.9. The van der Waals surface area contributed by atoms with Crippen molar-refractivity contribution < 1.29 is 9.18 Å². The second kappa shape index (κ2) is 6.05. The SMILES string of the molecule is Cc1c(C(=O)c2ccccc2F)c2ccccn2c1CCC#N. The molecule has 0 aliphatic rings. The normalized spacial score (nSPS) is 10.7. The average Bonchev–Trinajstić information content (AvgIpc) is 2.84. The highest BCUT2D eigenvalue weighted by Crippen LogP contribution is 2.27. The van der Waals surface area contributed by atoms with Crippen LogP contribution in [0.25, 0.3) is 5.52 Å². The number of benzene rings is 1.